The smallest absolute Gasteiger partial charge is 0.304 e. The Morgan fingerprint density at radius 2 is 1.83 bits per heavy atom. The van der Waals surface area contributed by atoms with E-state index in [1.54, 1.807) is 12.1 Å². The highest BCUT2D eigenvalue weighted by molar-refractivity contribution is 5.91. The van der Waals surface area contributed by atoms with Crippen LogP contribution in [0, 0.1) is 6.92 Å². The van der Waals surface area contributed by atoms with Gasteiger partial charge in [0.05, 0.1) is 5.69 Å². The minimum absolute atomic E-state index is 0.151. The first-order chi connectivity index (χ1) is 11.1. The molecule has 0 saturated heterocycles. The molecule has 3 rings (SSSR count). The zero-order valence-electron chi connectivity index (χ0n) is 12.6. The van der Waals surface area contributed by atoms with E-state index in [2.05, 4.69) is 15.6 Å². The van der Waals surface area contributed by atoms with E-state index in [0.29, 0.717) is 12.2 Å². The van der Waals surface area contributed by atoms with Gasteiger partial charge in [0, 0.05) is 6.54 Å². The Morgan fingerprint density at radius 1 is 1.13 bits per heavy atom. The third-order valence-electron chi connectivity index (χ3n) is 3.47. The van der Waals surface area contributed by atoms with Gasteiger partial charge in [0.2, 0.25) is 5.69 Å². The van der Waals surface area contributed by atoms with E-state index < -0.39 is 11.5 Å². The van der Waals surface area contributed by atoms with Crippen LogP contribution in [0.3, 0.4) is 0 Å². The van der Waals surface area contributed by atoms with Crippen molar-refractivity contribution in [3.05, 3.63) is 81.8 Å². The van der Waals surface area contributed by atoms with Gasteiger partial charge in [0.1, 0.15) is 0 Å². The van der Waals surface area contributed by atoms with Crippen LogP contribution in [-0.2, 0) is 6.54 Å². The second-order valence-corrected chi connectivity index (χ2v) is 5.20. The number of rotatable bonds is 4. The van der Waals surface area contributed by atoms with Crippen LogP contribution in [0.4, 0.5) is 0 Å². The Kier molecular flexibility index (Phi) is 4.05. The van der Waals surface area contributed by atoms with Crippen LogP contribution in [0.1, 0.15) is 21.6 Å². The number of carbonyl (C=O) groups is 1. The molecule has 0 atom stereocenters. The zero-order chi connectivity index (χ0) is 16.2. The van der Waals surface area contributed by atoms with Crippen LogP contribution in [0.15, 0.2) is 59.4 Å². The third kappa shape index (κ3) is 3.21. The first-order valence-electron chi connectivity index (χ1n) is 7.22. The molecule has 1 amide bonds. The average molecular weight is 308 g/mol. The molecule has 0 aliphatic rings. The molecule has 1 heterocycles. The lowest BCUT2D eigenvalue weighted by atomic mass is 10.2. The standard InChI is InChI=1S/C17H16N4O2/c1-12-7-9-14(10-8-12)21-17(23)15(19-20-21)16(22)18-11-13-5-3-2-4-6-13/h2-10,20H,11H2,1H3,(H,18,22). The summed E-state index contributed by atoms with van der Waals surface area (Å²) >= 11 is 0. The topological polar surface area (TPSA) is 79.8 Å². The molecular formula is C17H16N4O2. The lowest BCUT2D eigenvalue weighted by molar-refractivity contribution is 0.0944. The number of aryl methyl sites for hydroxylation is 1. The first kappa shape index (κ1) is 14.8. The number of benzene rings is 2. The summed E-state index contributed by atoms with van der Waals surface area (Å²) in [5.41, 5.74) is 2.05. The van der Waals surface area contributed by atoms with Gasteiger partial charge in [-0.3, -0.25) is 9.59 Å². The molecule has 23 heavy (non-hydrogen) atoms. The Morgan fingerprint density at radius 3 is 2.52 bits per heavy atom. The van der Waals surface area contributed by atoms with Crippen LogP contribution < -0.4 is 10.9 Å². The van der Waals surface area contributed by atoms with Gasteiger partial charge in [0.25, 0.3) is 5.91 Å². The summed E-state index contributed by atoms with van der Waals surface area (Å²) in [5.74, 6) is -0.499. The van der Waals surface area contributed by atoms with Crippen molar-refractivity contribution >= 4 is 5.91 Å². The van der Waals surface area contributed by atoms with Crippen LogP contribution >= 0.6 is 0 Å². The van der Waals surface area contributed by atoms with Gasteiger partial charge in [-0.1, -0.05) is 48.0 Å². The second kappa shape index (κ2) is 6.31. The summed E-state index contributed by atoms with van der Waals surface area (Å²) in [6.45, 7) is 2.30. The van der Waals surface area contributed by atoms with Crippen molar-refractivity contribution in [2.24, 2.45) is 0 Å². The fraction of sp³-hybridized carbons (Fsp3) is 0.118. The molecule has 0 fully saturated rings. The van der Waals surface area contributed by atoms with Crippen molar-refractivity contribution in [1.82, 2.24) is 20.3 Å². The lowest BCUT2D eigenvalue weighted by Gasteiger charge is -2.02. The molecule has 0 bridgehead atoms. The normalized spacial score (nSPS) is 10.5. The van der Waals surface area contributed by atoms with Gasteiger partial charge < -0.3 is 5.32 Å². The number of hydrogen-bond donors (Lipinski definition) is 2. The summed E-state index contributed by atoms with van der Waals surface area (Å²) in [6.07, 6.45) is 0. The number of nitrogens with one attached hydrogen (secondary N) is 2. The number of aromatic amines is 1. The molecule has 3 aromatic rings. The van der Waals surface area contributed by atoms with E-state index in [1.165, 1.54) is 4.68 Å². The fourth-order valence-corrected chi connectivity index (χ4v) is 2.18. The average Bonchev–Trinajstić information content (AvgIpc) is 2.96. The largest absolute Gasteiger partial charge is 0.346 e. The highest BCUT2D eigenvalue weighted by Crippen LogP contribution is 2.05. The SMILES string of the molecule is Cc1ccc(-n2[nH]nc(C(=O)NCc3ccccc3)c2=O)cc1. The van der Waals surface area contributed by atoms with Crippen LogP contribution in [0.5, 0.6) is 0 Å². The molecule has 0 unspecified atom stereocenters. The highest BCUT2D eigenvalue weighted by Gasteiger charge is 2.17. The van der Waals surface area contributed by atoms with E-state index in [-0.39, 0.29) is 5.69 Å². The molecule has 0 aliphatic heterocycles. The Hall–Kier alpha value is -3.15. The van der Waals surface area contributed by atoms with Crippen molar-refractivity contribution in [3.8, 4) is 5.69 Å². The molecule has 0 aliphatic carbocycles. The predicted molar refractivity (Wildman–Crippen MR) is 86.5 cm³/mol. The Labute approximate surface area is 132 Å². The van der Waals surface area contributed by atoms with E-state index in [9.17, 15) is 9.59 Å². The molecule has 1 aromatic heterocycles. The lowest BCUT2D eigenvalue weighted by Crippen LogP contribution is -2.29. The minimum Gasteiger partial charge on any atom is -0.346 e. The quantitative estimate of drug-likeness (QED) is 0.771. The molecule has 0 spiro atoms. The van der Waals surface area contributed by atoms with Crippen molar-refractivity contribution in [2.45, 2.75) is 13.5 Å². The number of hydrogen-bond acceptors (Lipinski definition) is 3. The van der Waals surface area contributed by atoms with E-state index in [4.69, 9.17) is 0 Å². The van der Waals surface area contributed by atoms with Gasteiger partial charge >= 0.3 is 5.56 Å². The van der Waals surface area contributed by atoms with E-state index in [1.807, 2.05) is 49.4 Å². The van der Waals surface area contributed by atoms with Crippen LogP contribution in [-0.4, -0.2) is 20.9 Å². The highest BCUT2D eigenvalue weighted by atomic mass is 16.2. The summed E-state index contributed by atoms with van der Waals surface area (Å²) in [4.78, 5) is 24.4. The van der Waals surface area contributed by atoms with Crippen molar-refractivity contribution in [2.75, 3.05) is 0 Å². The molecule has 6 heteroatoms. The summed E-state index contributed by atoms with van der Waals surface area (Å²) in [5, 5.41) is 9.12. The number of H-pyrrole nitrogens is 1. The molecule has 2 aromatic carbocycles. The molecular weight excluding hydrogens is 292 g/mol. The summed E-state index contributed by atoms with van der Waals surface area (Å²) in [6, 6.07) is 16.8. The number of aromatic nitrogens is 3. The van der Waals surface area contributed by atoms with Crippen molar-refractivity contribution < 1.29 is 4.79 Å². The van der Waals surface area contributed by atoms with Crippen LogP contribution in [0.25, 0.3) is 5.69 Å². The minimum atomic E-state index is -0.499. The van der Waals surface area contributed by atoms with E-state index in [0.717, 1.165) is 11.1 Å². The zero-order valence-corrected chi connectivity index (χ0v) is 12.6. The predicted octanol–water partition coefficient (Wildman–Crippen LogP) is 1.80. The fourth-order valence-electron chi connectivity index (χ4n) is 2.18. The van der Waals surface area contributed by atoms with Crippen molar-refractivity contribution in [1.29, 1.82) is 0 Å². The maximum absolute atomic E-state index is 12.3. The summed E-state index contributed by atoms with van der Waals surface area (Å²) in [7, 11) is 0. The molecule has 116 valence electrons. The van der Waals surface area contributed by atoms with Gasteiger partial charge in [-0.2, -0.15) is 0 Å². The maximum atomic E-state index is 12.3. The second-order valence-electron chi connectivity index (χ2n) is 5.20. The van der Waals surface area contributed by atoms with Gasteiger partial charge in [-0.25, -0.2) is 9.90 Å². The Bertz CT molecular complexity index is 864. The molecule has 0 saturated carbocycles. The number of amides is 1. The third-order valence-corrected chi connectivity index (χ3v) is 3.47. The monoisotopic (exact) mass is 308 g/mol. The van der Waals surface area contributed by atoms with Gasteiger partial charge in [-0.15, -0.1) is 5.10 Å². The van der Waals surface area contributed by atoms with Crippen LogP contribution in [0.2, 0.25) is 0 Å². The maximum Gasteiger partial charge on any atom is 0.304 e. The summed E-state index contributed by atoms with van der Waals surface area (Å²) < 4.78 is 1.25. The number of carbonyl (C=O) groups excluding carboxylic acids is 1. The van der Waals surface area contributed by atoms with Crippen molar-refractivity contribution in [3.63, 3.8) is 0 Å². The van der Waals surface area contributed by atoms with Gasteiger partial charge in [-0.05, 0) is 24.6 Å². The molecule has 6 nitrogen and oxygen atoms in total. The first-order valence-corrected chi connectivity index (χ1v) is 7.22. The molecule has 0 radical (unpaired) electrons. The number of nitrogens with zero attached hydrogens (tertiary/aromatic N) is 2. The molecule has 2 N–H and O–H groups in total. The van der Waals surface area contributed by atoms with E-state index >= 15 is 0 Å². The Balaban J connectivity index is 1.77. The van der Waals surface area contributed by atoms with Gasteiger partial charge in [0.15, 0.2) is 0 Å².